The lowest BCUT2D eigenvalue weighted by Crippen LogP contribution is -2.25. The number of hydrogen-bond acceptors (Lipinski definition) is 1. The lowest BCUT2D eigenvalue weighted by atomic mass is 9.98. The van der Waals surface area contributed by atoms with Crippen LogP contribution < -0.4 is 0 Å². The van der Waals surface area contributed by atoms with Crippen LogP contribution in [-0.2, 0) is 4.79 Å². The van der Waals surface area contributed by atoms with E-state index >= 15 is 0 Å². The largest absolute Gasteiger partial charge is 0.345 e. The zero-order valence-electron chi connectivity index (χ0n) is 8.17. The van der Waals surface area contributed by atoms with Gasteiger partial charge in [-0.1, -0.05) is 40.8 Å². The van der Waals surface area contributed by atoms with Crippen LogP contribution >= 0.6 is 22.6 Å². The van der Waals surface area contributed by atoms with Gasteiger partial charge in [0, 0.05) is 23.1 Å². The van der Waals surface area contributed by atoms with E-state index in [1.165, 1.54) is 0 Å². The molecule has 3 heteroatoms. The number of halogens is 1. The van der Waals surface area contributed by atoms with Gasteiger partial charge in [-0.15, -0.1) is 0 Å². The topological polar surface area (TPSA) is 20.3 Å². The van der Waals surface area contributed by atoms with Crippen molar-refractivity contribution in [1.82, 2.24) is 4.90 Å². The SMILES string of the molecule is CN(C)C(=O)C1=CCC(C)(I)C=C1. The van der Waals surface area contributed by atoms with Gasteiger partial charge in [-0.3, -0.25) is 4.79 Å². The number of rotatable bonds is 1. The van der Waals surface area contributed by atoms with Gasteiger partial charge in [0.25, 0.3) is 5.91 Å². The molecule has 2 nitrogen and oxygen atoms in total. The van der Waals surface area contributed by atoms with E-state index in [9.17, 15) is 4.79 Å². The third kappa shape index (κ3) is 2.83. The highest BCUT2D eigenvalue weighted by atomic mass is 127. The van der Waals surface area contributed by atoms with E-state index < -0.39 is 0 Å². The Hall–Kier alpha value is -0.320. The molecule has 0 heterocycles. The van der Waals surface area contributed by atoms with E-state index in [2.05, 4.69) is 35.6 Å². The highest BCUT2D eigenvalue weighted by Crippen LogP contribution is 2.29. The van der Waals surface area contributed by atoms with E-state index in [0.29, 0.717) is 0 Å². The molecule has 1 rings (SSSR count). The zero-order valence-corrected chi connectivity index (χ0v) is 10.3. The molecule has 1 unspecified atom stereocenters. The summed E-state index contributed by atoms with van der Waals surface area (Å²) in [6.45, 7) is 2.15. The maximum Gasteiger partial charge on any atom is 0.252 e. The van der Waals surface area contributed by atoms with E-state index in [1.54, 1.807) is 19.0 Å². The van der Waals surface area contributed by atoms with Gasteiger partial charge >= 0.3 is 0 Å². The quantitative estimate of drug-likeness (QED) is 0.535. The van der Waals surface area contributed by atoms with Gasteiger partial charge < -0.3 is 4.90 Å². The van der Waals surface area contributed by atoms with Crippen LogP contribution in [0.2, 0.25) is 0 Å². The minimum absolute atomic E-state index is 0.0863. The van der Waals surface area contributed by atoms with Gasteiger partial charge in [0.2, 0.25) is 0 Å². The van der Waals surface area contributed by atoms with Crippen molar-refractivity contribution in [3.63, 3.8) is 0 Å². The molecule has 1 aliphatic carbocycles. The van der Waals surface area contributed by atoms with Crippen LogP contribution in [0.1, 0.15) is 13.3 Å². The average Bonchev–Trinajstić information content (AvgIpc) is 2.03. The molecule has 13 heavy (non-hydrogen) atoms. The van der Waals surface area contributed by atoms with Gasteiger partial charge in [0.1, 0.15) is 0 Å². The number of alkyl halides is 1. The predicted octanol–water partition coefficient (Wildman–Crippen LogP) is 2.15. The lowest BCUT2D eigenvalue weighted by Gasteiger charge is -2.21. The Morgan fingerprint density at radius 3 is 2.62 bits per heavy atom. The third-order valence-corrected chi connectivity index (χ3v) is 2.78. The molecule has 0 fully saturated rings. The highest BCUT2D eigenvalue weighted by molar-refractivity contribution is 14.1. The summed E-state index contributed by atoms with van der Waals surface area (Å²) < 4.78 is 0.174. The van der Waals surface area contributed by atoms with E-state index in [-0.39, 0.29) is 9.33 Å². The summed E-state index contributed by atoms with van der Waals surface area (Å²) in [6.07, 6.45) is 6.94. The average molecular weight is 291 g/mol. The Bertz CT molecular complexity index is 277. The summed E-state index contributed by atoms with van der Waals surface area (Å²) in [5, 5.41) is 0. The van der Waals surface area contributed by atoms with Gasteiger partial charge in [0.05, 0.1) is 0 Å². The summed E-state index contributed by atoms with van der Waals surface area (Å²) in [7, 11) is 3.55. The first-order valence-corrected chi connectivity index (χ1v) is 5.30. The van der Waals surface area contributed by atoms with Gasteiger partial charge in [-0.25, -0.2) is 0 Å². The fraction of sp³-hybridized carbons (Fsp3) is 0.500. The molecule has 0 aromatic carbocycles. The van der Waals surface area contributed by atoms with Crippen LogP contribution in [0.4, 0.5) is 0 Å². The molecule has 0 aromatic rings. The Kier molecular flexibility index (Phi) is 3.16. The number of likely N-dealkylation sites (N-methyl/N-ethyl adjacent to an activating group) is 1. The van der Waals surface area contributed by atoms with Crippen molar-refractivity contribution >= 4 is 28.5 Å². The second-order valence-electron chi connectivity index (χ2n) is 3.67. The standard InChI is InChI=1S/C10H14INO/c1-10(11)6-4-8(5-7-10)9(13)12(2)3/h4-6H,7H2,1-3H3. The molecule has 0 bridgehead atoms. The number of hydrogen-bond donors (Lipinski definition) is 0. The molecular weight excluding hydrogens is 277 g/mol. The van der Waals surface area contributed by atoms with Crippen molar-refractivity contribution < 1.29 is 4.79 Å². The molecule has 0 N–H and O–H groups in total. The first-order valence-electron chi connectivity index (χ1n) is 4.22. The third-order valence-electron chi connectivity index (χ3n) is 1.98. The van der Waals surface area contributed by atoms with Crippen molar-refractivity contribution in [2.75, 3.05) is 14.1 Å². The molecule has 0 saturated heterocycles. The van der Waals surface area contributed by atoms with Crippen LogP contribution in [0.15, 0.2) is 23.8 Å². The van der Waals surface area contributed by atoms with Crippen LogP contribution in [-0.4, -0.2) is 28.3 Å². The molecule has 0 aliphatic heterocycles. The van der Waals surface area contributed by atoms with E-state index in [4.69, 9.17) is 0 Å². The van der Waals surface area contributed by atoms with Crippen molar-refractivity contribution in [3.8, 4) is 0 Å². The summed E-state index contributed by atoms with van der Waals surface area (Å²) in [5.41, 5.74) is 0.805. The van der Waals surface area contributed by atoms with Crippen molar-refractivity contribution in [2.24, 2.45) is 0 Å². The fourth-order valence-electron chi connectivity index (χ4n) is 1.13. The van der Waals surface area contributed by atoms with Gasteiger partial charge in [-0.2, -0.15) is 0 Å². The van der Waals surface area contributed by atoms with Crippen molar-refractivity contribution in [1.29, 1.82) is 0 Å². The Balaban J connectivity index is 2.73. The van der Waals surface area contributed by atoms with Crippen LogP contribution in [0.3, 0.4) is 0 Å². The predicted molar refractivity (Wildman–Crippen MR) is 63.0 cm³/mol. The Morgan fingerprint density at radius 2 is 2.23 bits per heavy atom. The molecule has 0 spiro atoms. The molecule has 0 radical (unpaired) electrons. The second kappa shape index (κ2) is 3.82. The van der Waals surface area contributed by atoms with Gasteiger partial charge in [-0.05, 0) is 13.3 Å². The van der Waals surface area contributed by atoms with Crippen molar-refractivity contribution in [3.05, 3.63) is 23.8 Å². The lowest BCUT2D eigenvalue weighted by molar-refractivity contribution is -0.124. The van der Waals surface area contributed by atoms with Gasteiger partial charge in [0.15, 0.2) is 0 Å². The van der Waals surface area contributed by atoms with Crippen LogP contribution in [0.5, 0.6) is 0 Å². The highest BCUT2D eigenvalue weighted by Gasteiger charge is 2.20. The number of nitrogens with zero attached hydrogens (tertiary/aromatic N) is 1. The number of allylic oxidation sites excluding steroid dienone is 2. The zero-order chi connectivity index (χ0) is 10.1. The first kappa shape index (κ1) is 10.8. The minimum atomic E-state index is 0.0863. The number of carbonyl (C=O) groups excluding carboxylic acids is 1. The fourth-order valence-corrected chi connectivity index (χ4v) is 1.53. The monoisotopic (exact) mass is 291 g/mol. The van der Waals surface area contributed by atoms with E-state index in [0.717, 1.165) is 12.0 Å². The Morgan fingerprint density at radius 1 is 1.62 bits per heavy atom. The number of amides is 1. The smallest absolute Gasteiger partial charge is 0.252 e. The number of carbonyl (C=O) groups is 1. The van der Waals surface area contributed by atoms with Crippen molar-refractivity contribution in [2.45, 2.75) is 16.8 Å². The molecule has 1 amide bonds. The molecular formula is C10H14INO. The molecule has 0 saturated carbocycles. The maximum atomic E-state index is 11.5. The molecule has 1 aliphatic rings. The normalized spacial score (nSPS) is 26.9. The minimum Gasteiger partial charge on any atom is -0.345 e. The van der Waals surface area contributed by atoms with E-state index in [1.807, 2.05) is 12.2 Å². The second-order valence-corrected chi connectivity index (χ2v) is 6.14. The first-order chi connectivity index (χ1) is 5.92. The summed E-state index contributed by atoms with van der Waals surface area (Å²) in [5.74, 6) is 0.0863. The summed E-state index contributed by atoms with van der Waals surface area (Å²) >= 11 is 2.39. The summed E-state index contributed by atoms with van der Waals surface area (Å²) in [4.78, 5) is 13.1. The molecule has 0 aromatic heterocycles. The Labute approximate surface area is 92.8 Å². The summed E-state index contributed by atoms with van der Waals surface area (Å²) in [6, 6.07) is 0. The molecule has 1 atom stereocenters. The maximum absolute atomic E-state index is 11.5. The van der Waals surface area contributed by atoms with Crippen LogP contribution in [0, 0.1) is 0 Å². The molecule has 72 valence electrons. The van der Waals surface area contributed by atoms with Crippen LogP contribution in [0.25, 0.3) is 0 Å².